The molecule has 2 aromatic rings. The highest BCUT2D eigenvalue weighted by Gasteiger charge is 2.23. The fourth-order valence-corrected chi connectivity index (χ4v) is 2.87. The number of anilines is 1. The molecule has 1 aliphatic heterocycles. The van der Waals surface area contributed by atoms with Gasteiger partial charge >= 0.3 is 0 Å². The van der Waals surface area contributed by atoms with Crippen LogP contribution in [0.1, 0.15) is 12.8 Å². The Morgan fingerprint density at radius 2 is 1.70 bits per heavy atom. The van der Waals surface area contributed by atoms with Crippen molar-refractivity contribution in [2.45, 2.75) is 12.8 Å². The SMILES string of the molecule is COc1cc2c(N3CCC(=O)CC3)ncnc2c(OC)c1OC. The van der Waals surface area contributed by atoms with E-state index >= 15 is 0 Å². The van der Waals surface area contributed by atoms with Crippen molar-refractivity contribution >= 4 is 22.5 Å². The predicted octanol–water partition coefficient (Wildman–Crippen LogP) is 1.82. The molecule has 1 aromatic carbocycles. The van der Waals surface area contributed by atoms with Crippen molar-refractivity contribution in [3.8, 4) is 17.2 Å². The molecule has 0 radical (unpaired) electrons. The van der Waals surface area contributed by atoms with E-state index in [0.717, 1.165) is 11.2 Å². The first-order chi connectivity index (χ1) is 11.2. The van der Waals surface area contributed by atoms with Gasteiger partial charge in [-0.25, -0.2) is 9.97 Å². The monoisotopic (exact) mass is 317 g/mol. The van der Waals surface area contributed by atoms with E-state index in [4.69, 9.17) is 14.2 Å². The van der Waals surface area contributed by atoms with Crippen LogP contribution < -0.4 is 19.1 Å². The minimum absolute atomic E-state index is 0.288. The van der Waals surface area contributed by atoms with Crippen molar-refractivity contribution in [1.29, 1.82) is 0 Å². The number of piperidine rings is 1. The molecule has 2 heterocycles. The number of nitrogens with zero attached hydrogens (tertiary/aromatic N) is 3. The quantitative estimate of drug-likeness (QED) is 0.851. The van der Waals surface area contributed by atoms with E-state index in [1.165, 1.54) is 6.33 Å². The zero-order valence-electron chi connectivity index (χ0n) is 13.5. The van der Waals surface area contributed by atoms with Crippen LogP contribution in [-0.4, -0.2) is 50.2 Å². The molecule has 122 valence electrons. The summed E-state index contributed by atoms with van der Waals surface area (Å²) in [4.78, 5) is 22.3. The number of benzene rings is 1. The first-order valence-electron chi connectivity index (χ1n) is 7.40. The fraction of sp³-hybridized carbons (Fsp3) is 0.438. The van der Waals surface area contributed by atoms with E-state index in [0.29, 0.717) is 48.7 Å². The van der Waals surface area contributed by atoms with Crippen LogP contribution in [0, 0.1) is 0 Å². The third-order valence-corrected chi connectivity index (χ3v) is 4.03. The minimum Gasteiger partial charge on any atom is -0.493 e. The van der Waals surface area contributed by atoms with Gasteiger partial charge in [-0.15, -0.1) is 0 Å². The van der Waals surface area contributed by atoms with Gasteiger partial charge in [-0.05, 0) is 6.07 Å². The van der Waals surface area contributed by atoms with Crippen LogP contribution >= 0.6 is 0 Å². The summed E-state index contributed by atoms with van der Waals surface area (Å²) in [5.74, 6) is 2.64. The molecule has 1 aromatic heterocycles. The first-order valence-corrected chi connectivity index (χ1v) is 7.40. The van der Waals surface area contributed by atoms with Crippen molar-refractivity contribution in [1.82, 2.24) is 9.97 Å². The molecule has 0 bridgehead atoms. The molecular weight excluding hydrogens is 298 g/mol. The van der Waals surface area contributed by atoms with Crippen LogP contribution in [0.3, 0.4) is 0 Å². The number of ketones is 1. The Morgan fingerprint density at radius 3 is 2.30 bits per heavy atom. The number of hydrogen-bond acceptors (Lipinski definition) is 7. The predicted molar refractivity (Wildman–Crippen MR) is 85.6 cm³/mol. The van der Waals surface area contributed by atoms with E-state index in [9.17, 15) is 4.79 Å². The third kappa shape index (κ3) is 2.62. The Labute approximate surface area is 134 Å². The summed E-state index contributed by atoms with van der Waals surface area (Å²) < 4.78 is 16.3. The smallest absolute Gasteiger partial charge is 0.205 e. The van der Waals surface area contributed by atoms with Crippen molar-refractivity contribution in [2.24, 2.45) is 0 Å². The first kappa shape index (κ1) is 15.3. The Bertz CT molecular complexity index is 738. The number of Topliss-reactive ketones (excluding diaryl/α,β-unsaturated/α-hetero) is 1. The lowest BCUT2D eigenvalue weighted by molar-refractivity contribution is -0.119. The molecule has 0 unspecified atom stereocenters. The molecule has 0 saturated carbocycles. The molecule has 1 saturated heterocycles. The van der Waals surface area contributed by atoms with Gasteiger partial charge in [-0.1, -0.05) is 0 Å². The lowest BCUT2D eigenvalue weighted by Gasteiger charge is -2.28. The van der Waals surface area contributed by atoms with Crippen LogP contribution in [0.5, 0.6) is 17.2 Å². The highest BCUT2D eigenvalue weighted by molar-refractivity contribution is 5.97. The van der Waals surface area contributed by atoms with Crippen LogP contribution in [0.4, 0.5) is 5.82 Å². The molecule has 0 spiro atoms. The average Bonchev–Trinajstić information content (AvgIpc) is 2.60. The van der Waals surface area contributed by atoms with Gasteiger partial charge in [0.1, 0.15) is 23.4 Å². The number of carbonyl (C=O) groups excluding carboxylic acids is 1. The summed E-state index contributed by atoms with van der Waals surface area (Å²) in [6, 6.07) is 1.85. The number of hydrogen-bond donors (Lipinski definition) is 0. The number of ether oxygens (including phenoxy) is 3. The lowest BCUT2D eigenvalue weighted by atomic mass is 10.1. The van der Waals surface area contributed by atoms with Gasteiger partial charge in [0.15, 0.2) is 11.5 Å². The summed E-state index contributed by atoms with van der Waals surface area (Å²) in [7, 11) is 4.70. The summed E-state index contributed by atoms with van der Waals surface area (Å²) in [6.07, 6.45) is 2.58. The van der Waals surface area contributed by atoms with Gasteiger partial charge in [0, 0.05) is 25.9 Å². The van der Waals surface area contributed by atoms with Crippen LogP contribution in [0.2, 0.25) is 0 Å². The van der Waals surface area contributed by atoms with E-state index in [1.54, 1.807) is 21.3 Å². The molecule has 7 heteroatoms. The second-order valence-corrected chi connectivity index (χ2v) is 5.26. The summed E-state index contributed by atoms with van der Waals surface area (Å²) in [5.41, 5.74) is 0.659. The van der Waals surface area contributed by atoms with Gasteiger partial charge in [0.2, 0.25) is 5.75 Å². The van der Waals surface area contributed by atoms with Crippen LogP contribution in [0.25, 0.3) is 10.9 Å². The number of aromatic nitrogens is 2. The Hall–Kier alpha value is -2.57. The second-order valence-electron chi connectivity index (χ2n) is 5.26. The van der Waals surface area contributed by atoms with E-state index in [1.807, 2.05) is 6.07 Å². The van der Waals surface area contributed by atoms with E-state index in [2.05, 4.69) is 14.9 Å². The van der Waals surface area contributed by atoms with Crippen molar-refractivity contribution in [3.05, 3.63) is 12.4 Å². The zero-order chi connectivity index (χ0) is 16.4. The number of fused-ring (bicyclic) bond motifs is 1. The van der Waals surface area contributed by atoms with Gasteiger partial charge in [-0.2, -0.15) is 0 Å². The maximum absolute atomic E-state index is 11.5. The zero-order valence-corrected chi connectivity index (χ0v) is 13.5. The average molecular weight is 317 g/mol. The topological polar surface area (TPSA) is 73.8 Å². The lowest BCUT2D eigenvalue weighted by Crippen LogP contribution is -2.34. The second kappa shape index (κ2) is 6.28. The highest BCUT2D eigenvalue weighted by atomic mass is 16.5. The molecule has 3 rings (SSSR count). The van der Waals surface area contributed by atoms with Crippen LogP contribution in [-0.2, 0) is 4.79 Å². The largest absolute Gasteiger partial charge is 0.493 e. The van der Waals surface area contributed by atoms with Gasteiger partial charge in [-0.3, -0.25) is 4.79 Å². The van der Waals surface area contributed by atoms with E-state index < -0.39 is 0 Å². The van der Waals surface area contributed by atoms with Crippen LogP contribution in [0.15, 0.2) is 12.4 Å². The van der Waals surface area contributed by atoms with Gasteiger partial charge < -0.3 is 19.1 Å². The maximum Gasteiger partial charge on any atom is 0.205 e. The molecule has 1 fully saturated rings. The number of methoxy groups -OCH3 is 3. The molecular formula is C16H19N3O4. The Morgan fingerprint density at radius 1 is 1.00 bits per heavy atom. The van der Waals surface area contributed by atoms with Crippen molar-refractivity contribution in [2.75, 3.05) is 39.3 Å². The number of rotatable bonds is 4. The Balaban J connectivity index is 2.18. The summed E-state index contributed by atoms with van der Waals surface area (Å²) in [5, 5.41) is 0.816. The molecule has 0 amide bonds. The molecule has 0 atom stereocenters. The minimum atomic E-state index is 0.288. The summed E-state index contributed by atoms with van der Waals surface area (Å²) in [6.45, 7) is 1.31. The molecule has 0 N–H and O–H groups in total. The maximum atomic E-state index is 11.5. The van der Waals surface area contributed by atoms with Crippen molar-refractivity contribution in [3.63, 3.8) is 0 Å². The van der Waals surface area contributed by atoms with Crippen molar-refractivity contribution < 1.29 is 19.0 Å². The molecule has 23 heavy (non-hydrogen) atoms. The fourth-order valence-electron chi connectivity index (χ4n) is 2.87. The summed E-state index contributed by atoms with van der Waals surface area (Å²) >= 11 is 0. The molecule has 0 aliphatic carbocycles. The van der Waals surface area contributed by atoms with E-state index in [-0.39, 0.29) is 5.78 Å². The normalized spacial score (nSPS) is 14.9. The third-order valence-electron chi connectivity index (χ3n) is 4.03. The van der Waals surface area contributed by atoms with Gasteiger partial charge in [0.05, 0.1) is 26.7 Å². The molecule has 7 nitrogen and oxygen atoms in total. The number of carbonyl (C=O) groups is 1. The van der Waals surface area contributed by atoms with Gasteiger partial charge in [0.25, 0.3) is 0 Å². The Kier molecular flexibility index (Phi) is 4.18. The molecule has 1 aliphatic rings. The standard InChI is InChI=1S/C16H19N3O4/c1-21-12-8-11-13(15(23-3)14(12)22-2)17-9-18-16(11)19-6-4-10(20)5-7-19/h8-9H,4-7H2,1-3H3. The highest BCUT2D eigenvalue weighted by Crippen LogP contribution is 2.44.